The molecule has 2 rings (SSSR count). The van der Waals surface area contributed by atoms with Crippen LogP contribution in [-0.2, 0) is 11.2 Å². The molecule has 1 fully saturated rings. The molecule has 20 heavy (non-hydrogen) atoms. The molecule has 1 aliphatic rings. The van der Waals surface area contributed by atoms with Crippen molar-refractivity contribution in [3.63, 3.8) is 0 Å². The monoisotopic (exact) mass is 277 g/mol. The Labute approximate surface area is 122 Å². The van der Waals surface area contributed by atoms with Crippen LogP contribution in [0, 0.1) is 5.92 Å². The summed E-state index contributed by atoms with van der Waals surface area (Å²) < 4.78 is 11.2. The molecular weight excluding hydrogens is 250 g/mol. The summed E-state index contributed by atoms with van der Waals surface area (Å²) in [5.41, 5.74) is 1.38. The number of ether oxygens (including phenoxy) is 2. The van der Waals surface area contributed by atoms with Gasteiger partial charge in [0, 0.05) is 19.3 Å². The van der Waals surface area contributed by atoms with Crippen LogP contribution in [0.5, 0.6) is 5.75 Å². The second-order valence-electron chi connectivity index (χ2n) is 5.74. The average Bonchev–Trinajstić information content (AvgIpc) is 2.52. The molecule has 1 aromatic rings. The Morgan fingerprint density at radius 2 is 1.95 bits per heavy atom. The molecule has 0 aliphatic carbocycles. The summed E-state index contributed by atoms with van der Waals surface area (Å²) in [7, 11) is 2.01. The summed E-state index contributed by atoms with van der Waals surface area (Å²) in [4.78, 5) is 0. The fraction of sp³-hybridized carbons (Fsp3) is 0.647. The Hall–Kier alpha value is -1.06. The van der Waals surface area contributed by atoms with Gasteiger partial charge in [0.05, 0.1) is 6.61 Å². The maximum atomic E-state index is 5.88. The Kier molecular flexibility index (Phi) is 6.34. The van der Waals surface area contributed by atoms with Crippen LogP contribution in [0.2, 0.25) is 0 Å². The van der Waals surface area contributed by atoms with Crippen molar-refractivity contribution in [3.05, 3.63) is 29.8 Å². The quantitative estimate of drug-likeness (QED) is 0.831. The van der Waals surface area contributed by atoms with Gasteiger partial charge in [-0.3, -0.25) is 0 Å². The van der Waals surface area contributed by atoms with Crippen LogP contribution in [-0.4, -0.2) is 32.9 Å². The second-order valence-corrected chi connectivity index (χ2v) is 5.74. The van der Waals surface area contributed by atoms with Gasteiger partial charge in [-0.05, 0) is 63.3 Å². The normalized spacial score (nSPS) is 17.9. The third-order valence-corrected chi connectivity index (χ3v) is 4.11. The van der Waals surface area contributed by atoms with Gasteiger partial charge >= 0.3 is 0 Å². The molecule has 0 aromatic heterocycles. The fourth-order valence-corrected chi connectivity index (χ4v) is 2.41. The van der Waals surface area contributed by atoms with Crippen LogP contribution in [0.1, 0.15) is 31.7 Å². The van der Waals surface area contributed by atoms with Crippen LogP contribution in [0.4, 0.5) is 0 Å². The lowest BCUT2D eigenvalue weighted by atomic mass is 10.0. The first-order valence-electron chi connectivity index (χ1n) is 7.74. The van der Waals surface area contributed by atoms with Crippen molar-refractivity contribution in [3.8, 4) is 5.75 Å². The van der Waals surface area contributed by atoms with Gasteiger partial charge in [0.15, 0.2) is 0 Å². The Morgan fingerprint density at radius 3 is 2.60 bits per heavy atom. The van der Waals surface area contributed by atoms with Crippen molar-refractivity contribution in [1.82, 2.24) is 5.32 Å². The van der Waals surface area contributed by atoms with Crippen molar-refractivity contribution in [1.29, 1.82) is 0 Å². The van der Waals surface area contributed by atoms with Crippen molar-refractivity contribution < 1.29 is 9.47 Å². The maximum absolute atomic E-state index is 5.88. The molecule has 112 valence electrons. The van der Waals surface area contributed by atoms with Gasteiger partial charge in [0.1, 0.15) is 5.75 Å². The summed E-state index contributed by atoms with van der Waals surface area (Å²) in [5.74, 6) is 1.64. The lowest BCUT2D eigenvalue weighted by molar-refractivity contribution is 0.0497. The van der Waals surface area contributed by atoms with Crippen LogP contribution in [0.3, 0.4) is 0 Å². The van der Waals surface area contributed by atoms with Gasteiger partial charge in [0.2, 0.25) is 0 Å². The highest BCUT2D eigenvalue weighted by molar-refractivity contribution is 5.27. The summed E-state index contributed by atoms with van der Waals surface area (Å²) in [5, 5.41) is 3.27. The number of nitrogens with one attached hydrogen (secondary N) is 1. The van der Waals surface area contributed by atoms with Crippen molar-refractivity contribution in [2.75, 3.05) is 26.9 Å². The molecule has 0 saturated carbocycles. The van der Waals surface area contributed by atoms with Crippen molar-refractivity contribution in [2.24, 2.45) is 5.92 Å². The number of hydrogen-bond donors (Lipinski definition) is 1. The molecule has 1 N–H and O–H groups in total. The predicted molar refractivity (Wildman–Crippen MR) is 82.3 cm³/mol. The zero-order chi connectivity index (χ0) is 14.2. The third-order valence-electron chi connectivity index (χ3n) is 4.11. The van der Waals surface area contributed by atoms with E-state index >= 15 is 0 Å². The molecule has 0 radical (unpaired) electrons. The van der Waals surface area contributed by atoms with E-state index in [0.29, 0.717) is 12.0 Å². The second kappa shape index (κ2) is 8.28. The highest BCUT2D eigenvalue weighted by Gasteiger charge is 2.14. The van der Waals surface area contributed by atoms with E-state index in [1.54, 1.807) is 0 Å². The topological polar surface area (TPSA) is 30.5 Å². The molecule has 1 atom stereocenters. The van der Waals surface area contributed by atoms with E-state index in [9.17, 15) is 0 Å². The van der Waals surface area contributed by atoms with Gasteiger partial charge in [-0.25, -0.2) is 0 Å². The average molecular weight is 277 g/mol. The standard InChI is InChI=1S/C17H27NO2/c1-14(18-2)3-4-15-5-7-17(8-6-15)20-13-16-9-11-19-12-10-16/h5-8,14,16,18H,3-4,9-13H2,1-2H3. The van der Waals surface area contributed by atoms with E-state index < -0.39 is 0 Å². The molecule has 3 nitrogen and oxygen atoms in total. The number of aryl methyl sites for hydroxylation is 1. The molecule has 1 unspecified atom stereocenters. The first kappa shape index (κ1) is 15.3. The summed E-state index contributed by atoms with van der Waals surface area (Å²) in [6.45, 7) is 4.80. The zero-order valence-electron chi connectivity index (χ0n) is 12.7. The lowest BCUT2D eigenvalue weighted by Gasteiger charge is -2.22. The van der Waals surface area contributed by atoms with Gasteiger partial charge in [-0.2, -0.15) is 0 Å². The van der Waals surface area contributed by atoms with E-state index in [4.69, 9.17) is 9.47 Å². The zero-order valence-corrected chi connectivity index (χ0v) is 12.7. The summed E-state index contributed by atoms with van der Waals surface area (Å²) in [6, 6.07) is 9.13. The van der Waals surface area contributed by atoms with Gasteiger partial charge < -0.3 is 14.8 Å². The van der Waals surface area contributed by atoms with E-state index in [1.165, 1.54) is 12.0 Å². The maximum Gasteiger partial charge on any atom is 0.119 e. The third kappa shape index (κ3) is 5.14. The first-order chi connectivity index (χ1) is 9.78. The van der Waals surface area contributed by atoms with Crippen LogP contribution in [0.25, 0.3) is 0 Å². The molecule has 1 aromatic carbocycles. The Bertz CT molecular complexity index is 371. The number of rotatable bonds is 7. The molecule has 3 heteroatoms. The smallest absolute Gasteiger partial charge is 0.119 e. The molecule has 0 amide bonds. The Morgan fingerprint density at radius 1 is 1.25 bits per heavy atom. The van der Waals surface area contributed by atoms with Crippen molar-refractivity contribution in [2.45, 2.75) is 38.6 Å². The summed E-state index contributed by atoms with van der Waals surface area (Å²) in [6.07, 6.45) is 4.53. The van der Waals surface area contributed by atoms with E-state index in [-0.39, 0.29) is 0 Å². The predicted octanol–water partition coefficient (Wildman–Crippen LogP) is 3.03. The van der Waals surface area contributed by atoms with Gasteiger partial charge in [0.25, 0.3) is 0 Å². The van der Waals surface area contributed by atoms with Gasteiger partial charge in [-0.1, -0.05) is 12.1 Å². The van der Waals surface area contributed by atoms with Crippen LogP contribution in [0.15, 0.2) is 24.3 Å². The lowest BCUT2D eigenvalue weighted by Crippen LogP contribution is -2.21. The first-order valence-corrected chi connectivity index (χ1v) is 7.74. The van der Waals surface area contributed by atoms with Crippen molar-refractivity contribution >= 4 is 0 Å². The van der Waals surface area contributed by atoms with Crippen LogP contribution < -0.4 is 10.1 Å². The minimum Gasteiger partial charge on any atom is -0.493 e. The molecule has 1 saturated heterocycles. The van der Waals surface area contributed by atoms with E-state index in [1.807, 2.05) is 7.05 Å². The van der Waals surface area contributed by atoms with Gasteiger partial charge in [-0.15, -0.1) is 0 Å². The largest absolute Gasteiger partial charge is 0.493 e. The highest BCUT2D eigenvalue weighted by Crippen LogP contribution is 2.18. The minimum absolute atomic E-state index is 0.569. The fourth-order valence-electron chi connectivity index (χ4n) is 2.41. The van der Waals surface area contributed by atoms with E-state index in [0.717, 1.165) is 44.8 Å². The molecule has 1 aliphatic heterocycles. The summed E-state index contributed by atoms with van der Waals surface area (Å²) >= 11 is 0. The Balaban J connectivity index is 1.73. The molecule has 0 bridgehead atoms. The SMILES string of the molecule is CNC(C)CCc1ccc(OCC2CCOCC2)cc1. The molecule has 0 spiro atoms. The molecular formula is C17H27NO2. The number of hydrogen-bond acceptors (Lipinski definition) is 3. The molecule has 1 heterocycles. The number of benzene rings is 1. The highest BCUT2D eigenvalue weighted by atomic mass is 16.5. The van der Waals surface area contributed by atoms with E-state index in [2.05, 4.69) is 36.5 Å². The van der Waals surface area contributed by atoms with Crippen LogP contribution >= 0.6 is 0 Å². The minimum atomic E-state index is 0.569.